The number of carbonyl (C=O) groups is 1. The van der Waals surface area contributed by atoms with Crippen LogP contribution < -0.4 is 0 Å². The molecular formula is C9H11F3O3. The lowest BCUT2D eigenvalue weighted by Crippen LogP contribution is -2.35. The molecule has 0 aromatic heterocycles. The second-order valence-corrected chi connectivity index (χ2v) is 3.03. The number of hydrogen-bond donors (Lipinski definition) is 0. The van der Waals surface area contributed by atoms with Crippen molar-refractivity contribution in [3.8, 4) is 0 Å². The maximum atomic E-state index is 12.1. The highest BCUT2D eigenvalue weighted by Crippen LogP contribution is 2.28. The minimum absolute atomic E-state index is 0.150. The van der Waals surface area contributed by atoms with E-state index in [1.54, 1.807) is 6.92 Å². The molecule has 0 bridgehead atoms. The van der Waals surface area contributed by atoms with Crippen molar-refractivity contribution < 1.29 is 27.4 Å². The number of esters is 1. The predicted octanol–water partition coefficient (Wildman–Crippen LogP) is 1.83. The summed E-state index contributed by atoms with van der Waals surface area (Å²) in [7, 11) is 0. The molecule has 1 unspecified atom stereocenters. The first-order valence-electron chi connectivity index (χ1n) is 4.49. The first-order valence-corrected chi connectivity index (χ1v) is 4.49. The molecule has 6 heteroatoms. The van der Waals surface area contributed by atoms with E-state index in [2.05, 4.69) is 9.47 Å². The van der Waals surface area contributed by atoms with Gasteiger partial charge in [-0.3, -0.25) is 0 Å². The molecule has 0 fully saturated rings. The van der Waals surface area contributed by atoms with Crippen LogP contribution in [0, 0.1) is 0 Å². The molecule has 0 aliphatic carbocycles. The van der Waals surface area contributed by atoms with Crippen molar-refractivity contribution in [1.29, 1.82) is 0 Å². The Bertz CT molecular complexity index is 270. The SMILES string of the molecule is CCOC(=O)C1=CCC(C(F)(F)F)OC1. The van der Waals surface area contributed by atoms with Crippen LogP contribution in [0.5, 0.6) is 0 Å². The van der Waals surface area contributed by atoms with E-state index >= 15 is 0 Å². The van der Waals surface area contributed by atoms with E-state index in [1.165, 1.54) is 6.08 Å². The molecule has 86 valence electrons. The van der Waals surface area contributed by atoms with Gasteiger partial charge in [-0.1, -0.05) is 6.08 Å². The molecule has 0 radical (unpaired) electrons. The maximum absolute atomic E-state index is 12.1. The van der Waals surface area contributed by atoms with Crippen molar-refractivity contribution in [1.82, 2.24) is 0 Å². The van der Waals surface area contributed by atoms with E-state index in [1.807, 2.05) is 0 Å². The predicted molar refractivity (Wildman–Crippen MR) is 45.1 cm³/mol. The van der Waals surface area contributed by atoms with Crippen LogP contribution in [-0.2, 0) is 14.3 Å². The Morgan fingerprint density at radius 2 is 2.33 bits per heavy atom. The molecule has 1 aliphatic heterocycles. The van der Waals surface area contributed by atoms with E-state index in [0.29, 0.717) is 0 Å². The lowest BCUT2D eigenvalue weighted by Gasteiger charge is -2.23. The van der Waals surface area contributed by atoms with Gasteiger partial charge in [0.2, 0.25) is 0 Å². The van der Waals surface area contributed by atoms with Crippen LogP contribution in [0.25, 0.3) is 0 Å². The van der Waals surface area contributed by atoms with E-state index in [9.17, 15) is 18.0 Å². The smallest absolute Gasteiger partial charge is 0.414 e. The van der Waals surface area contributed by atoms with E-state index in [0.717, 1.165) is 0 Å². The van der Waals surface area contributed by atoms with Gasteiger partial charge in [0, 0.05) is 6.42 Å². The standard InChI is InChI=1S/C9H11F3O3/c1-2-14-8(13)6-3-4-7(15-5-6)9(10,11)12/h3,7H,2,4-5H2,1H3. The van der Waals surface area contributed by atoms with Crippen molar-refractivity contribution in [3.63, 3.8) is 0 Å². The number of alkyl halides is 3. The normalized spacial score (nSPS) is 22.1. The Balaban J connectivity index is 2.55. The third-order valence-electron chi connectivity index (χ3n) is 1.92. The molecule has 0 amide bonds. The largest absolute Gasteiger partial charge is 0.463 e. The van der Waals surface area contributed by atoms with Gasteiger partial charge >= 0.3 is 12.1 Å². The number of ether oxygens (including phenoxy) is 2. The molecule has 1 aliphatic rings. The zero-order valence-electron chi connectivity index (χ0n) is 8.13. The molecule has 1 rings (SSSR count). The Labute approximate surface area is 84.8 Å². The summed E-state index contributed by atoms with van der Waals surface area (Å²) >= 11 is 0. The fourth-order valence-corrected chi connectivity index (χ4v) is 1.16. The van der Waals surface area contributed by atoms with Gasteiger partial charge in [0.25, 0.3) is 0 Å². The van der Waals surface area contributed by atoms with Crippen LogP contribution >= 0.6 is 0 Å². The van der Waals surface area contributed by atoms with Crippen LogP contribution in [-0.4, -0.2) is 31.5 Å². The number of hydrogen-bond acceptors (Lipinski definition) is 3. The summed E-state index contributed by atoms with van der Waals surface area (Å²) in [4.78, 5) is 11.1. The molecule has 0 spiro atoms. The van der Waals surface area contributed by atoms with Gasteiger partial charge in [-0.2, -0.15) is 13.2 Å². The minimum atomic E-state index is -4.38. The lowest BCUT2D eigenvalue weighted by molar-refractivity contribution is -0.219. The van der Waals surface area contributed by atoms with Crippen molar-refractivity contribution >= 4 is 5.97 Å². The van der Waals surface area contributed by atoms with Crippen molar-refractivity contribution in [2.45, 2.75) is 25.6 Å². The molecule has 1 heterocycles. The van der Waals surface area contributed by atoms with Gasteiger partial charge in [0.1, 0.15) is 0 Å². The Hall–Kier alpha value is -1.04. The zero-order chi connectivity index (χ0) is 11.5. The quantitative estimate of drug-likeness (QED) is 0.671. The highest BCUT2D eigenvalue weighted by Gasteiger charge is 2.41. The second kappa shape index (κ2) is 4.65. The zero-order valence-corrected chi connectivity index (χ0v) is 8.13. The topological polar surface area (TPSA) is 35.5 Å². The van der Waals surface area contributed by atoms with Gasteiger partial charge in [-0.25, -0.2) is 4.79 Å². The summed E-state index contributed by atoms with van der Waals surface area (Å²) in [5.41, 5.74) is 0.150. The highest BCUT2D eigenvalue weighted by atomic mass is 19.4. The van der Waals surface area contributed by atoms with Gasteiger partial charge in [0.05, 0.1) is 18.8 Å². The summed E-state index contributed by atoms with van der Waals surface area (Å²) in [5.74, 6) is -0.613. The highest BCUT2D eigenvalue weighted by molar-refractivity contribution is 5.88. The first kappa shape index (κ1) is 12.0. The van der Waals surface area contributed by atoms with Crippen molar-refractivity contribution in [3.05, 3.63) is 11.6 Å². The molecular weight excluding hydrogens is 213 g/mol. The second-order valence-electron chi connectivity index (χ2n) is 3.03. The van der Waals surface area contributed by atoms with Crippen molar-refractivity contribution in [2.24, 2.45) is 0 Å². The summed E-state index contributed by atoms with van der Waals surface area (Å²) < 4.78 is 45.6. The Morgan fingerprint density at radius 1 is 1.67 bits per heavy atom. The van der Waals surface area contributed by atoms with Crippen LogP contribution in [0.2, 0.25) is 0 Å². The molecule has 3 nitrogen and oxygen atoms in total. The Kier molecular flexibility index (Phi) is 3.73. The van der Waals surface area contributed by atoms with Gasteiger partial charge in [-0.05, 0) is 6.92 Å². The third-order valence-corrected chi connectivity index (χ3v) is 1.92. The van der Waals surface area contributed by atoms with Crippen LogP contribution in [0.15, 0.2) is 11.6 Å². The molecule has 0 aromatic rings. The molecule has 0 aromatic carbocycles. The van der Waals surface area contributed by atoms with Gasteiger partial charge in [0.15, 0.2) is 6.10 Å². The fourth-order valence-electron chi connectivity index (χ4n) is 1.16. The van der Waals surface area contributed by atoms with Crippen LogP contribution in [0.4, 0.5) is 13.2 Å². The van der Waals surface area contributed by atoms with Crippen molar-refractivity contribution in [2.75, 3.05) is 13.2 Å². The van der Waals surface area contributed by atoms with Crippen LogP contribution in [0.3, 0.4) is 0 Å². The fraction of sp³-hybridized carbons (Fsp3) is 0.667. The number of carbonyl (C=O) groups excluding carboxylic acids is 1. The monoisotopic (exact) mass is 224 g/mol. The lowest BCUT2D eigenvalue weighted by atomic mass is 10.1. The van der Waals surface area contributed by atoms with Gasteiger partial charge < -0.3 is 9.47 Å². The molecule has 15 heavy (non-hydrogen) atoms. The third kappa shape index (κ3) is 3.23. The average molecular weight is 224 g/mol. The minimum Gasteiger partial charge on any atom is -0.463 e. The molecule has 0 saturated carbocycles. The molecule has 1 atom stereocenters. The summed E-state index contributed by atoms with van der Waals surface area (Å²) in [6, 6.07) is 0. The summed E-state index contributed by atoms with van der Waals surface area (Å²) in [6.45, 7) is 1.47. The number of rotatable bonds is 2. The van der Waals surface area contributed by atoms with E-state index < -0.39 is 18.2 Å². The summed E-state index contributed by atoms with van der Waals surface area (Å²) in [6.07, 6.45) is -5.30. The number of halogens is 3. The van der Waals surface area contributed by atoms with E-state index in [-0.39, 0.29) is 25.2 Å². The first-order chi connectivity index (χ1) is 6.95. The van der Waals surface area contributed by atoms with Gasteiger partial charge in [-0.15, -0.1) is 0 Å². The average Bonchev–Trinajstić information content (AvgIpc) is 2.17. The summed E-state index contributed by atoms with van der Waals surface area (Å²) in [5, 5.41) is 0. The molecule has 0 saturated heterocycles. The molecule has 0 N–H and O–H groups in total. The maximum Gasteiger partial charge on any atom is 0.414 e. The Morgan fingerprint density at radius 3 is 2.73 bits per heavy atom. The van der Waals surface area contributed by atoms with E-state index in [4.69, 9.17) is 0 Å². The van der Waals surface area contributed by atoms with Crippen LogP contribution in [0.1, 0.15) is 13.3 Å².